The van der Waals surface area contributed by atoms with Gasteiger partial charge in [-0.3, -0.25) is 0 Å². The maximum atomic E-state index is 12.0. The summed E-state index contributed by atoms with van der Waals surface area (Å²) in [6.45, 7) is 3.00. The molecule has 0 aromatic heterocycles. The lowest BCUT2D eigenvalue weighted by Crippen LogP contribution is -2.35. The van der Waals surface area contributed by atoms with Crippen LogP contribution in [-0.2, 0) is 0 Å². The molecule has 1 aliphatic heterocycles. The van der Waals surface area contributed by atoms with Crippen LogP contribution < -0.4 is 4.74 Å². The third kappa shape index (κ3) is 3.47. The van der Waals surface area contributed by atoms with Crippen LogP contribution in [0.2, 0.25) is 0 Å². The summed E-state index contributed by atoms with van der Waals surface area (Å²) in [6, 6.07) is 9.05. The second-order valence-electron chi connectivity index (χ2n) is 5.02. The van der Waals surface area contributed by atoms with E-state index in [9.17, 15) is 9.90 Å². The van der Waals surface area contributed by atoms with Gasteiger partial charge in [-0.1, -0.05) is 18.2 Å². The summed E-state index contributed by atoms with van der Waals surface area (Å²) in [5.41, 5.74) is -0.665. The number of amides is 1. The number of rotatable bonds is 1. The van der Waals surface area contributed by atoms with Gasteiger partial charge in [-0.25, -0.2) is 4.79 Å². The highest BCUT2D eigenvalue weighted by molar-refractivity contribution is 5.70. The van der Waals surface area contributed by atoms with Crippen LogP contribution in [0.4, 0.5) is 4.79 Å². The first-order valence-corrected chi connectivity index (χ1v) is 6.31. The molecule has 1 amide bonds. The Morgan fingerprint density at radius 1 is 1.28 bits per heavy atom. The van der Waals surface area contributed by atoms with Crippen molar-refractivity contribution < 1.29 is 14.6 Å². The molecule has 1 aromatic rings. The van der Waals surface area contributed by atoms with E-state index in [1.165, 1.54) is 0 Å². The van der Waals surface area contributed by atoms with Crippen molar-refractivity contribution in [1.82, 2.24) is 4.90 Å². The highest BCUT2D eigenvalue weighted by Gasteiger charge is 2.27. The summed E-state index contributed by atoms with van der Waals surface area (Å²) in [6.07, 6.45) is 1.79. The van der Waals surface area contributed by atoms with Gasteiger partial charge >= 0.3 is 6.09 Å². The molecule has 98 valence electrons. The number of likely N-dealkylation sites (tertiary alicyclic amines) is 1. The average molecular weight is 249 g/mol. The number of para-hydroxylation sites is 1. The van der Waals surface area contributed by atoms with E-state index in [4.69, 9.17) is 4.74 Å². The Morgan fingerprint density at radius 3 is 2.72 bits per heavy atom. The Bertz CT molecular complexity index is 403. The fourth-order valence-corrected chi connectivity index (χ4v) is 2.10. The molecule has 1 N–H and O–H groups in total. The zero-order chi connectivity index (χ0) is 13.0. The van der Waals surface area contributed by atoms with Crippen molar-refractivity contribution in [2.24, 2.45) is 0 Å². The van der Waals surface area contributed by atoms with Crippen molar-refractivity contribution in [3.63, 3.8) is 0 Å². The largest absolute Gasteiger partial charge is 0.415 e. The minimum absolute atomic E-state index is 0.334. The number of benzene rings is 1. The van der Waals surface area contributed by atoms with Crippen molar-refractivity contribution >= 4 is 6.09 Å². The van der Waals surface area contributed by atoms with Crippen LogP contribution in [0.25, 0.3) is 0 Å². The van der Waals surface area contributed by atoms with Gasteiger partial charge in [0.15, 0.2) is 0 Å². The summed E-state index contributed by atoms with van der Waals surface area (Å²) in [5, 5.41) is 9.96. The predicted molar refractivity (Wildman–Crippen MR) is 68.5 cm³/mol. The van der Waals surface area contributed by atoms with Gasteiger partial charge in [0.2, 0.25) is 0 Å². The van der Waals surface area contributed by atoms with Gasteiger partial charge in [-0.05, 0) is 38.3 Å². The molecule has 4 nitrogen and oxygen atoms in total. The van der Waals surface area contributed by atoms with Crippen molar-refractivity contribution in [2.75, 3.05) is 13.1 Å². The van der Waals surface area contributed by atoms with Crippen molar-refractivity contribution in [3.8, 4) is 5.75 Å². The second kappa shape index (κ2) is 5.40. The van der Waals surface area contributed by atoms with Crippen LogP contribution >= 0.6 is 0 Å². The highest BCUT2D eigenvalue weighted by Crippen LogP contribution is 2.22. The van der Waals surface area contributed by atoms with E-state index in [1.54, 1.807) is 17.0 Å². The molecule has 18 heavy (non-hydrogen) atoms. The number of aliphatic hydroxyl groups is 1. The summed E-state index contributed by atoms with van der Waals surface area (Å²) in [4.78, 5) is 13.6. The molecule has 1 unspecified atom stereocenters. The standard InChI is InChI=1S/C14H19NO3/c1-14(17)8-5-10-15(11-9-14)13(16)18-12-6-3-2-4-7-12/h2-4,6-7,17H,5,8-11H2,1H3. The first kappa shape index (κ1) is 12.9. The fourth-order valence-electron chi connectivity index (χ4n) is 2.10. The zero-order valence-corrected chi connectivity index (χ0v) is 10.6. The van der Waals surface area contributed by atoms with Gasteiger partial charge in [0, 0.05) is 13.1 Å². The van der Waals surface area contributed by atoms with Crippen molar-refractivity contribution in [3.05, 3.63) is 30.3 Å². The van der Waals surface area contributed by atoms with Crippen LogP contribution in [0, 0.1) is 0 Å². The summed E-state index contributed by atoms with van der Waals surface area (Å²) < 4.78 is 5.28. The molecule has 2 rings (SSSR count). The molecule has 0 spiro atoms. The second-order valence-corrected chi connectivity index (χ2v) is 5.02. The van der Waals surface area contributed by atoms with Crippen molar-refractivity contribution in [2.45, 2.75) is 31.8 Å². The molecule has 1 fully saturated rings. The van der Waals surface area contributed by atoms with Gasteiger partial charge in [0.1, 0.15) is 5.75 Å². The van der Waals surface area contributed by atoms with Gasteiger partial charge in [-0.15, -0.1) is 0 Å². The Balaban J connectivity index is 1.93. The first-order valence-electron chi connectivity index (χ1n) is 6.31. The van der Waals surface area contributed by atoms with E-state index in [-0.39, 0.29) is 6.09 Å². The van der Waals surface area contributed by atoms with Gasteiger partial charge in [0.25, 0.3) is 0 Å². The van der Waals surface area contributed by atoms with Crippen LogP contribution in [-0.4, -0.2) is 34.8 Å². The molecule has 0 saturated carbocycles. The van der Waals surface area contributed by atoms with E-state index in [1.807, 2.05) is 25.1 Å². The van der Waals surface area contributed by atoms with Crippen LogP contribution in [0.3, 0.4) is 0 Å². The third-order valence-corrected chi connectivity index (χ3v) is 3.27. The maximum absolute atomic E-state index is 12.0. The van der Waals surface area contributed by atoms with E-state index in [2.05, 4.69) is 0 Å². The molecule has 1 saturated heterocycles. The number of hydrogen-bond acceptors (Lipinski definition) is 3. The Morgan fingerprint density at radius 2 is 2.00 bits per heavy atom. The molecule has 0 bridgehead atoms. The lowest BCUT2D eigenvalue weighted by atomic mass is 9.98. The molecular formula is C14H19NO3. The number of ether oxygens (including phenoxy) is 1. The lowest BCUT2D eigenvalue weighted by Gasteiger charge is -2.22. The molecule has 0 aliphatic carbocycles. The number of carbonyl (C=O) groups is 1. The Kier molecular flexibility index (Phi) is 3.87. The number of nitrogens with zero attached hydrogens (tertiary/aromatic N) is 1. The van der Waals surface area contributed by atoms with E-state index in [0.29, 0.717) is 25.3 Å². The van der Waals surface area contributed by atoms with Gasteiger partial charge in [-0.2, -0.15) is 0 Å². The first-order chi connectivity index (χ1) is 8.57. The van der Waals surface area contributed by atoms with Crippen LogP contribution in [0.15, 0.2) is 30.3 Å². The van der Waals surface area contributed by atoms with E-state index >= 15 is 0 Å². The summed E-state index contributed by atoms with van der Waals surface area (Å²) in [7, 11) is 0. The van der Waals surface area contributed by atoms with Crippen LogP contribution in [0.1, 0.15) is 26.2 Å². The summed E-state index contributed by atoms with van der Waals surface area (Å²) in [5.74, 6) is 0.554. The molecule has 1 heterocycles. The summed E-state index contributed by atoms with van der Waals surface area (Å²) >= 11 is 0. The third-order valence-electron chi connectivity index (χ3n) is 3.27. The molecule has 1 atom stereocenters. The lowest BCUT2D eigenvalue weighted by molar-refractivity contribution is 0.0450. The molecule has 0 radical (unpaired) electrons. The smallest absolute Gasteiger partial charge is 0.410 e. The highest BCUT2D eigenvalue weighted by atomic mass is 16.6. The van der Waals surface area contributed by atoms with Gasteiger partial charge < -0.3 is 14.7 Å². The minimum Gasteiger partial charge on any atom is -0.410 e. The molecule has 1 aromatic carbocycles. The quantitative estimate of drug-likeness (QED) is 0.831. The SMILES string of the molecule is CC1(O)CCCN(C(=O)Oc2ccccc2)CC1. The average Bonchev–Trinajstić information content (AvgIpc) is 2.51. The zero-order valence-electron chi connectivity index (χ0n) is 10.6. The predicted octanol–water partition coefficient (Wildman–Crippen LogP) is 2.42. The Labute approximate surface area is 107 Å². The minimum atomic E-state index is -0.665. The fraction of sp³-hybridized carbons (Fsp3) is 0.500. The maximum Gasteiger partial charge on any atom is 0.415 e. The van der Waals surface area contributed by atoms with E-state index < -0.39 is 5.60 Å². The molecular weight excluding hydrogens is 230 g/mol. The number of hydrogen-bond donors (Lipinski definition) is 1. The monoisotopic (exact) mass is 249 g/mol. The topological polar surface area (TPSA) is 49.8 Å². The Hall–Kier alpha value is -1.55. The molecule has 4 heteroatoms. The molecule has 1 aliphatic rings. The van der Waals surface area contributed by atoms with Gasteiger partial charge in [0.05, 0.1) is 5.60 Å². The van der Waals surface area contributed by atoms with Crippen molar-refractivity contribution in [1.29, 1.82) is 0 Å². The van der Waals surface area contributed by atoms with E-state index in [0.717, 1.165) is 12.8 Å². The number of carbonyl (C=O) groups excluding carboxylic acids is 1. The van der Waals surface area contributed by atoms with Crippen LogP contribution in [0.5, 0.6) is 5.75 Å². The normalized spacial score (nSPS) is 24.4.